The first kappa shape index (κ1) is 10.2. The summed E-state index contributed by atoms with van der Waals surface area (Å²) >= 11 is 0. The Balaban J connectivity index is 1.80. The van der Waals surface area contributed by atoms with Gasteiger partial charge in [-0.2, -0.15) is 0 Å². The van der Waals surface area contributed by atoms with E-state index in [4.69, 9.17) is 9.63 Å². The minimum Gasteiger partial charge on any atom is -0.393 e. The summed E-state index contributed by atoms with van der Waals surface area (Å²) < 4.78 is 4.80. The number of hydrogen-bond donors (Lipinski definition) is 2. The van der Waals surface area contributed by atoms with Crippen LogP contribution in [-0.2, 0) is 0 Å². The van der Waals surface area contributed by atoms with Gasteiger partial charge in [0.25, 0.3) is 5.91 Å². The van der Waals surface area contributed by atoms with Crippen molar-refractivity contribution in [3.63, 3.8) is 0 Å². The van der Waals surface area contributed by atoms with Crippen LogP contribution in [0.15, 0.2) is 10.7 Å². The van der Waals surface area contributed by atoms with Gasteiger partial charge in [0.1, 0.15) is 11.3 Å². The van der Waals surface area contributed by atoms with E-state index in [0.717, 1.165) is 12.8 Å². The number of hydrogen-bond acceptors (Lipinski definition) is 4. The predicted molar refractivity (Wildman–Crippen MR) is 52.3 cm³/mol. The molecule has 0 unspecified atom stereocenters. The molecule has 15 heavy (non-hydrogen) atoms. The summed E-state index contributed by atoms with van der Waals surface area (Å²) in [5.41, 5.74) is 0.481. The minimum atomic E-state index is -0.177. The molecule has 1 amide bonds. The van der Waals surface area contributed by atoms with Crippen LogP contribution in [-0.4, -0.2) is 28.8 Å². The summed E-state index contributed by atoms with van der Waals surface area (Å²) in [5.74, 6) is 0.778. The van der Waals surface area contributed by atoms with Gasteiger partial charge in [-0.3, -0.25) is 4.79 Å². The highest BCUT2D eigenvalue weighted by atomic mass is 16.5. The quantitative estimate of drug-likeness (QED) is 0.761. The number of aromatic nitrogens is 1. The van der Waals surface area contributed by atoms with Gasteiger partial charge >= 0.3 is 0 Å². The number of nitrogens with one attached hydrogen (secondary N) is 1. The molecule has 1 aliphatic carbocycles. The number of nitrogens with zero attached hydrogens (tertiary/aromatic N) is 1. The van der Waals surface area contributed by atoms with Gasteiger partial charge < -0.3 is 14.9 Å². The molecule has 2 rings (SSSR count). The lowest BCUT2D eigenvalue weighted by Gasteiger charge is -2.31. The highest BCUT2D eigenvalue weighted by Crippen LogP contribution is 2.26. The van der Waals surface area contributed by atoms with Gasteiger partial charge in [0.15, 0.2) is 0 Å². The van der Waals surface area contributed by atoms with Crippen molar-refractivity contribution < 1.29 is 14.4 Å². The molecule has 1 heterocycles. The summed E-state index contributed by atoms with van der Waals surface area (Å²) in [7, 11) is 0. The highest BCUT2D eigenvalue weighted by Gasteiger charge is 2.27. The molecule has 2 N–H and O–H groups in total. The maximum atomic E-state index is 11.6. The lowest BCUT2D eigenvalue weighted by atomic mass is 9.82. The van der Waals surface area contributed by atoms with Crippen LogP contribution in [0.25, 0.3) is 0 Å². The lowest BCUT2D eigenvalue weighted by Crippen LogP contribution is -2.38. The number of amides is 1. The molecule has 5 heteroatoms. The molecule has 0 radical (unpaired) electrons. The second-order valence-electron chi connectivity index (χ2n) is 4.00. The minimum absolute atomic E-state index is 0.157. The fourth-order valence-electron chi connectivity index (χ4n) is 1.72. The Morgan fingerprint density at radius 2 is 2.47 bits per heavy atom. The van der Waals surface area contributed by atoms with E-state index in [0.29, 0.717) is 23.8 Å². The van der Waals surface area contributed by atoms with Crippen LogP contribution < -0.4 is 5.32 Å². The van der Waals surface area contributed by atoms with Crippen molar-refractivity contribution in [2.75, 3.05) is 6.54 Å². The van der Waals surface area contributed by atoms with Crippen LogP contribution in [0.5, 0.6) is 0 Å². The van der Waals surface area contributed by atoms with E-state index in [2.05, 4.69) is 10.5 Å². The van der Waals surface area contributed by atoms with E-state index in [1.165, 1.54) is 6.20 Å². The first-order valence-corrected chi connectivity index (χ1v) is 5.04. The van der Waals surface area contributed by atoms with Crippen molar-refractivity contribution in [2.24, 2.45) is 5.92 Å². The van der Waals surface area contributed by atoms with Crippen LogP contribution in [0.1, 0.15) is 29.0 Å². The van der Waals surface area contributed by atoms with Crippen LogP contribution in [0.4, 0.5) is 0 Å². The Hall–Kier alpha value is -1.36. The molecule has 5 nitrogen and oxygen atoms in total. The average molecular weight is 210 g/mol. The van der Waals surface area contributed by atoms with Crippen LogP contribution in [0, 0.1) is 12.8 Å². The maximum absolute atomic E-state index is 11.6. The summed E-state index contributed by atoms with van der Waals surface area (Å²) in [6, 6.07) is 0. The Kier molecular flexibility index (Phi) is 2.73. The molecule has 1 aromatic rings. The Labute approximate surface area is 87.5 Å². The molecule has 0 aromatic carbocycles. The summed E-state index contributed by atoms with van der Waals surface area (Å²) in [5, 5.41) is 15.4. The second kappa shape index (κ2) is 4.02. The van der Waals surface area contributed by atoms with Gasteiger partial charge in [0, 0.05) is 6.54 Å². The van der Waals surface area contributed by atoms with Gasteiger partial charge in [-0.05, 0) is 25.7 Å². The van der Waals surface area contributed by atoms with Crippen LogP contribution in [0.3, 0.4) is 0 Å². The third-order valence-electron chi connectivity index (χ3n) is 2.76. The van der Waals surface area contributed by atoms with Crippen molar-refractivity contribution in [1.82, 2.24) is 10.5 Å². The number of aliphatic hydroxyl groups is 1. The van der Waals surface area contributed by atoms with Gasteiger partial charge in [-0.15, -0.1) is 0 Å². The van der Waals surface area contributed by atoms with Crippen molar-refractivity contribution in [2.45, 2.75) is 25.9 Å². The van der Waals surface area contributed by atoms with Crippen molar-refractivity contribution in [1.29, 1.82) is 0 Å². The normalized spacial score (nSPS) is 24.7. The van der Waals surface area contributed by atoms with Gasteiger partial charge in [-0.25, -0.2) is 0 Å². The van der Waals surface area contributed by atoms with E-state index in [-0.39, 0.29) is 12.0 Å². The van der Waals surface area contributed by atoms with Crippen molar-refractivity contribution in [3.05, 3.63) is 17.5 Å². The van der Waals surface area contributed by atoms with E-state index < -0.39 is 0 Å². The molecule has 1 fully saturated rings. The number of aryl methyl sites for hydroxylation is 1. The Morgan fingerprint density at radius 3 is 3.00 bits per heavy atom. The lowest BCUT2D eigenvalue weighted by molar-refractivity contribution is 0.0420. The molecule has 0 saturated heterocycles. The summed E-state index contributed by atoms with van der Waals surface area (Å²) in [6.07, 6.45) is 2.80. The standard InChI is InChI=1S/C10H14N2O3/c1-6-9(5-12-15-6)10(14)11-4-7-2-8(13)3-7/h5,7-8,13H,2-4H2,1H3,(H,11,14). The number of rotatable bonds is 3. The van der Waals surface area contributed by atoms with Crippen molar-refractivity contribution >= 4 is 5.91 Å². The molecular weight excluding hydrogens is 196 g/mol. The van der Waals surface area contributed by atoms with E-state index in [1.54, 1.807) is 6.92 Å². The second-order valence-corrected chi connectivity index (χ2v) is 4.00. The largest absolute Gasteiger partial charge is 0.393 e. The molecule has 1 saturated carbocycles. The zero-order valence-electron chi connectivity index (χ0n) is 8.56. The molecule has 1 aromatic heterocycles. The first-order chi connectivity index (χ1) is 7.16. The van der Waals surface area contributed by atoms with Gasteiger partial charge in [0.05, 0.1) is 12.3 Å². The fraction of sp³-hybridized carbons (Fsp3) is 0.600. The molecule has 82 valence electrons. The Morgan fingerprint density at radius 1 is 1.73 bits per heavy atom. The highest BCUT2D eigenvalue weighted by molar-refractivity contribution is 5.94. The smallest absolute Gasteiger partial charge is 0.256 e. The van der Waals surface area contributed by atoms with E-state index in [9.17, 15) is 4.79 Å². The fourth-order valence-corrected chi connectivity index (χ4v) is 1.72. The zero-order valence-corrected chi connectivity index (χ0v) is 8.56. The third-order valence-corrected chi connectivity index (χ3v) is 2.76. The molecule has 0 spiro atoms. The molecular formula is C10H14N2O3. The van der Waals surface area contributed by atoms with Gasteiger partial charge in [0.2, 0.25) is 0 Å². The van der Waals surface area contributed by atoms with E-state index in [1.807, 2.05) is 0 Å². The molecule has 1 aliphatic rings. The van der Waals surface area contributed by atoms with E-state index >= 15 is 0 Å². The van der Waals surface area contributed by atoms with Gasteiger partial charge in [-0.1, -0.05) is 5.16 Å². The summed E-state index contributed by atoms with van der Waals surface area (Å²) in [4.78, 5) is 11.6. The first-order valence-electron chi connectivity index (χ1n) is 5.04. The molecule has 0 atom stereocenters. The van der Waals surface area contributed by atoms with Crippen LogP contribution >= 0.6 is 0 Å². The summed E-state index contributed by atoms with van der Waals surface area (Å²) in [6.45, 7) is 2.32. The SMILES string of the molecule is Cc1oncc1C(=O)NCC1CC(O)C1. The van der Waals surface area contributed by atoms with Crippen molar-refractivity contribution in [3.8, 4) is 0 Å². The topological polar surface area (TPSA) is 75.4 Å². The maximum Gasteiger partial charge on any atom is 0.256 e. The van der Waals surface area contributed by atoms with Crippen LogP contribution in [0.2, 0.25) is 0 Å². The number of aliphatic hydroxyl groups excluding tert-OH is 1. The number of carbonyl (C=O) groups excluding carboxylic acids is 1. The monoisotopic (exact) mass is 210 g/mol. The molecule has 0 aliphatic heterocycles. The number of carbonyl (C=O) groups is 1. The Bertz CT molecular complexity index is 355. The third kappa shape index (κ3) is 2.18. The molecule has 0 bridgehead atoms. The zero-order chi connectivity index (χ0) is 10.8. The predicted octanol–water partition coefficient (Wildman–Crippen LogP) is 0.484. The average Bonchev–Trinajstić information content (AvgIpc) is 2.57.